The highest BCUT2D eigenvalue weighted by Gasteiger charge is 2.22. The van der Waals surface area contributed by atoms with Gasteiger partial charge < -0.3 is 15.0 Å². The molecule has 1 fully saturated rings. The topological polar surface area (TPSA) is 46.5 Å². The number of piperazine rings is 1. The lowest BCUT2D eigenvalue weighted by molar-refractivity contribution is 0.153. The van der Waals surface area contributed by atoms with Crippen LogP contribution in [-0.4, -0.2) is 41.5 Å². The molecular weight excluding hydrogens is 464 g/mol. The number of fused-ring (bicyclic) bond motifs is 1. The number of benzene rings is 2. The molecule has 1 aliphatic rings. The van der Waals surface area contributed by atoms with E-state index in [-0.39, 0.29) is 5.56 Å². The van der Waals surface area contributed by atoms with Gasteiger partial charge in [0.2, 0.25) is 0 Å². The standard InChI is InChI=1S/C20H20BrF2N3O2S/c1-28-19-5-3-14(11-18(19)25-8-6-24-7-9-25)29(27)26-12-16(20(22)23)15-4-2-13(21)10-17(15)26/h2-5,10-12,20,24H,6-9H2,1H3. The van der Waals surface area contributed by atoms with Crippen molar-refractivity contribution in [3.05, 3.63) is 52.6 Å². The monoisotopic (exact) mass is 483 g/mol. The molecule has 0 bridgehead atoms. The predicted molar refractivity (Wildman–Crippen MR) is 114 cm³/mol. The van der Waals surface area contributed by atoms with Crippen LogP contribution >= 0.6 is 15.9 Å². The average Bonchev–Trinajstić information content (AvgIpc) is 3.12. The highest BCUT2D eigenvalue weighted by atomic mass is 79.9. The third-order valence-corrected chi connectivity index (χ3v) is 6.80. The van der Waals surface area contributed by atoms with Gasteiger partial charge in [0.05, 0.1) is 23.2 Å². The molecule has 5 nitrogen and oxygen atoms in total. The largest absolute Gasteiger partial charge is 0.495 e. The number of nitrogens with zero attached hydrogens (tertiary/aromatic N) is 2. The maximum absolute atomic E-state index is 13.5. The van der Waals surface area contributed by atoms with Crippen molar-refractivity contribution in [3.8, 4) is 5.75 Å². The van der Waals surface area contributed by atoms with Crippen LogP contribution in [0.5, 0.6) is 5.75 Å². The molecule has 29 heavy (non-hydrogen) atoms. The summed E-state index contributed by atoms with van der Waals surface area (Å²) in [6.07, 6.45) is -1.36. The molecule has 1 N–H and O–H groups in total. The first-order chi connectivity index (χ1) is 14.0. The Morgan fingerprint density at radius 3 is 2.62 bits per heavy atom. The molecule has 4 rings (SSSR count). The summed E-state index contributed by atoms with van der Waals surface area (Å²) < 4.78 is 48.1. The number of halogens is 3. The Hall–Kier alpha value is -1.97. The number of methoxy groups -OCH3 is 1. The highest BCUT2D eigenvalue weighted by molar-refractivity contribution is 9.10. The van der Waals surface area contributed by atoms with Crippen LogP contribution in [0, 0.1) is 0 Å². The van der Waals surface area contributed by atoms with Crippen LogP contribution in [-0.2, 0) is 11.0 Å². The van der Waals surface area contributed by atoms with E-state index in [2.05, 4.69) is 26.1 Å². The number of rotatable bonds is 5. The maximum atomic E-state index is 13.5. The number of aromatic nitrogens is 1. The van der Waals surface area contributed by atoms with Gasteiger partial charge in [0.15, 0.2) is 11.0 Å². The summed E-state index contributed by atoms with van der Waals surface area (Å²) in [7, 11) is -0.0849. The Labute approximate surface area is 178 Å². The average molecular weight is 484 g/mol. The molecule has 1 atom stereocenters. The number of anilines is 1. The van der Waals surface area contributed by atoms with Gasteiger partial charge in [-0.3, -0.25) is 3.97 Å². The Kier molecular flexibility index (Phi) is 5.89. The summed E-state index contributed by atoms with van der Waals surface area (Å²) in [4.78, 5) is 2.70. The molecule has 1 aliphatic heterocycles. The van der Waals surface area contributed by atoms with E-state index in [1.807, 2.05) is 6.07 Å². The smallest absolute Gasteiger partial charge is 0.265 e. The SMILES string of the molecule is COc1ccc(S(=O)n2cc(C(F)F)c3ccc(Br)cc32)cc1N1CCNCC1. The Morgan fingerprint density at radius 1 is 1.17 bits per heavy atom. The summed E-state index contributed by atoms with van der Waals surface area (Å²) in [5, 5.41) is 3.70. The van der Waals surface area contributed by atoms with Crippen LogP contribution in [0.25, 0.3) is 10.9 Å². The first kappa shape index (κ1) is 20.3. The number of alkyl halides is 2. The van der Waals surface area contributed by atoms with Gasteiger partial charge in [-0.2, -0.15) is 0 Å². The minimum Gasteiger partial charge on any atom is -0.495 e. The second kappa shape index (κ2) is 8.41. The lowest BCUT2D eigenvalue weighted by atomic mass is 10.2. The first-order valence-corrected chi connectivity index (χ1v) is 11.0. The van der Waals surface area contributed by atoms with E-state index in [4.69, 9.17) is 4.74 Å². The normalized spacial score (nSPS) is 15.8. The molecule has 2 heterocycles. The minimum absolute atomic E-state index is 0.128. The summed E-state index contributed by atoms with van der Waals surface area (Å²) in [5.41, 5.74) is 1.22. The van der Waals surface area contributed by atoms with Gasteiger partial charge >= 0.3 is 0 Å². The quantitative estimate of drug-likeness (QED) is 0.586. The van der Waals surface area contributed by atoms with Crippen LogP contribution in [0.15, 0.2) is 52.0 Å². The zero-order valence-electron chi connectivity index (χ0n) is 15.7. The molecule has 1 aromatic heterocycles. The molecule has 1 saturated heterocycles. The summed E-state index contributed by atoms with van der Waals surface area (Å²) in [5.74, 6) is 0.695. The molecule has 0 spiro atoms. The molecule has 154 valence electrons. The van der Waals surface area contributed by atoms with Crippen molar-refractivity contribution in [2.24, 2.45) is 0 Å². The van der Waals surface area contributed by atoms with Gasteiger partial charge in [0, 0.05) is 47.8 Å². The van der Waals surface area contributed by atoms with Crippen molar-refractivity contribution in [2.45, 2.75) is 11.3 Å². The molecular formula is C20H20BrF2N3O2S. The van der Waals surface area contributed by atoms with Gasteiger partial charge in [-0.15, -0.1) is 0 Å². The molecule has 1 unspecified atom stereocenters. The molecule has 0 aliphatic carbocycles. The second-order valence-corrected chi connectivity index (χ2v) is 8.97. The number of hydrogen-bond donors (Lipinski definition) is 1. The Balaban J connectivity index is 1.80. The van der Waals surface area contributed by atoms with Gasteiger partial charge in [-0.25, -0.2) is 13.0 Å². The summed E-state index contributed by atoms with van der Waals surface area (Å²) >= 11 is 3.37. The molecule has 0 amide bonds. The number of ether oxygens (including phenoxy) is 1. The van der Waals surface area contributed by atoms with Gasteiger partial charge in [-0.05, 0) is 30.3 Å². The van der Waals surface area contributed by atoms with E-state index in [1.165, 1.54) is 10.2 Å². The first-order valence-electron chi connectivity index (χ1n) is 9.14. The van der Waals surface area contributed by atoms with E-state index >= 15 is 0 Å². The van der Waals surface area contributed by atoms with Crippen LogP contribution in [0.1, 0.15) is 12.0 Å². The van der Waals surface area contributed by atoms with Crippen molar-refractivity contribution in [2.75, 3.05) is 38.2 Å². The number of hydrogen-bond acceptors (Lipinski definition) is 4. The van der Waals surface area contributed by atoms with Crippen LogP contribution in [0.4, 0.5) is 14.5 Å². The van der Waals surface area contributed by atoms with Crippen molar-refractivity contribution < 1.29 is 17.7 Å². The third kappa shape index (κ3) is 3.91. The summed E-state index contributed by atoms with van der Waals surface area (Å²) in [6.45, 7) is 3.32. The fourth-order valence-corrected chi connectivity index (χ4v) is 5.06. The van der Waals surface area contributed by atoms with E-state index in [1.54, 1.807) is 37.4 Å². The maximum Gasteiger partial charge on any atom is 0.265 e. The fourth-order valence-electron chi connectivity index (χ4n) is 3.55. The van der Waals surface area contributed by atoms with Crippen LogP contribution < -0.4 is 15.0 Å². The van der Waals surface area contributed by atoms with Crippen molar-refractivity contribution in [1.29, 1.82) is 0 Å². The van der Waals surface area contributed by atoms with Crippen molar-refractivity contribution >= 4 is 43.5 Å². The van der Waals surface area contributed by atoms with Gasteiger partial charge in [-0.1, -0.05) is 22.0 Å². The minimum atomic E-state index is -2.65. The number of nitrogens with one attached hydrogen (secondary N) is 1. The van der Waals surface area contributed by atoms with E-state index < -0.39 is 17.4 Å². The van der Waals surface area contributed by atoms with Crippen LogP contribution in [0.2, 0.25) is 0 Å². The zero-order chi connectivity index (χ0) is 20.5. The Morgan fingerprint density at radius 2 is 1.93 bits per heavy atom. The van der Waals surface area contributed by atoms with E-state index in [0.29, 0.717) is 21.5 Å². The van der Waals surface area contributed by atoms with Gasteiger partial charge in [0.1, 0.15) is 5.75 Å². The van der Waals surface area contributed by atoms with E-state index in [0.717, 1.165) is 36.3 Å². The molecule has 0 radical (unpaired) electrons. The third-order valence-electron chi connectivity index (χ3n) is 4.99. The highest BCUT2D eigenvalue weighted by Crippen LogP contribution is 2.35. The second-order valence-electron chi connectivity index (χ2n) is 6.69. The zero-order valence-corrected chi connectivity index (χ0v) is 18.1. The molecule has 2 aromatic carbocycles. The summed E-state index contributed by atoms with van der Waals surface area (Å²) in [6, 6.07) is 10.4. The Bertz CT molecular complexity index is 1070. The molecule has 0 saturated carbocycles. The van der Waals surface area contributed by atoms with Crippen molar-refractivity contribution in [1.82, 2.24) is 9.29 Å². The van der Waals surface area contributed by atoms with Crippen molar-refractivity contribution in [3.63, 3.8) is 0 Å². The van der Waals surface area contributed by atoms with Crippen LogP contribution in [0.3, 0.4) is 0 Å². The lowest BCUT2D eigenvalue weighted by Gasteiger charge is -2.30. The van der Waals surface area contributed by atoms with E-state index in [9.17, 15) is 13.0 Å². The fraction of sp³-hybridized carbons (Fsp3) is 0.300. The molecule has 9 heteroatoms. The molecule has 3 aromatic rings. The lowest BCUT2D eigenvalue weighted by Crippen LogP contribution is -2.43. The van der Waals surface area contributed by atoms with Gasteiger partial charge in [0.25, 0.3) is 6.43 Å². The predicted octanol–water partition coefficient (Wildman–Crippen LogP) is 4.33.